The van der Waals surface area contributed by atoms with Crippen molar-refractivity contribution in [1.82, 2.24) is 4.90 Å². The summed E-state index contributed by atoms with van der Waals surface area (Å²) in [7, 11) is 0. The van der Waals surface area contributed by atoms with Gasteiger partial charge >= 0.3 is 0 Å². The van der Waals surface area contributed by atoms with E-state index in [0.717, 1.165) is 12.8 Å². The van der Waals surface area contributed by atoms with Crippen LogP contribution in [0, 0.1) is 0 Å². The number of hydrogen-bond donors (Lipinski definition) is 1. The maximum Gasteiger partial charge on any atom is 0.246 e. The van der Waals surface area contributed by atoms with Crippen LogP contribution >= 0.6 is 0 Å². The molecular weight excluding hydrogens is 156 g/mol. The first-order chi connectivity index (χ1) is 5.70. The Morgan fingerprint density at radius 3 is 2.50 bits per heavy atom. The SMILES string of the molecule is NC1CCC(=O)N(C2CC2)C1=O. The monoisotopic (exact) mass is 168 g/mol. The fraction of sp³-hybridized carbons (Fsp3) is 0.750. The highest BCUT2D eigenvalue weighted by Gasteiger charge is 2.41. The van der Waals surface area contributed by atoms with E-state index in [9.17, 15) is 9.59 Å². The van der Waals surface area contributed by atoms with Gasteiger partial charge in [0.15, 0.2) is 0 Å². The fourth-order valence-electron chi connectivity index (χ4n) is 1.54. The summed E-state index contributed by atoms with van der Waals surface area (Å²) in [4.78, 5) is 24.0. The van der Waals surface area contributed by atoms with Gasteiger partial charge in [0, 0.05) is 12.5 Å². The largest absolute Gasteiger partial charge is 0.320 e. The molecule has 0 aromatic heterocycles. The second-order valence-corrected chi connectivity index (χ2v) is 3.48. The quantitative estimate of drug-likeness (QED) is 0.543. The molecule has 0 spiro atoms. The van der Waals surface area contributed by atoms with E-state index < -0.39 is 6.04 Å². The molecular formula is C8H12N2O2. The van der Waals surface area contributed by atoms with Crippen molar-refractivity contribution in [2.24, 2.45) is 5.73 Å². The van der Waals surface area contributed by atoms with E-state index >= 15 is 0 Å². The molecule has 2 fully saturated rings. The minimum absolute atomic E-state index is 0.0378. The van der Waals surface area contributed by atoms with Crippen LogP contribution in [0.25, 0.3) is 0 Å². The molecule has 1 aliphatic heterocycles. The van der Waals surface area contributed by atoms with Crippen molar-refractivity contribution in [3.8, 4) is 0 Å². The Morgan fingerprint density at radius 2 is 1.92 bits per heavy atom. The second-order valence-electron chi connectivity index (χ2n) is 3.48. The van der Waals surface area contributed by atoms with Crippen LogP contribution < -0.4 is 5.73 Å². The van der Waals surface area contributed by atoms with E-state index in [1.807, 2.05) is 0 Å². The lowest BCUT2D eigenvalue weighted by molar-refractivity contribution is -0.149. The zero-order chi connectivity index (χ0) is 8.72. The molecule has 0 aromatic rings. The highest BCUT2D eigenvalue weighted by molar-refractivity contribution is 6.00. The predicted octanol–water partition coefficient (Wildman–Crippen LogP) is -0.375. The van der Waals surface area contributed by atoms with Gasteiger partial charge in [-0.1, -0.05) is 0 Å². The molecule has 12 heavy (non-hydrogen) atoms. The molecule has 4 heteroatoms. The van der Waals surface area contributed by atoms with Gasteiger partial charge in [-0.15, -0.1) is 0 Å². The van der Waals surface area contributed by atoms with E-state index in [0.29, 0.717) is 12.8 Å². The summed E-state index contributed by atoms with van der Waals surface area (Å²) < 4.78 is 0. The number of nitrogens with two attached hydrogens (primary N) is 1. The summed E-state index contributed by atoms with van der Waals surface area (Å²) in [6.45, 7) is 0. The summed E-state index contributed by atoms with van der Waals surface area (Å²) in [5.41, 5.74) is 5.55. The Morgan fingerprint density at radius 1 is 1.25 bits per heavy atom. The van der Waals surface area contributed by atoms with Crippen LogP contribution in [0.2, 0.25) is 0 Å². The van der Waals surface area contributed by atoms with Gasteiger partial charge in [0.25, 0.3) is 0 Å². The molecule has 0 radical (unpaired) electrons. The number of carbonyl (C=O) groups excluding carboxylic acids is 2. The number of piperidine rings is 1. The van der Waals surface area contributed by atoms with E-state index in [2.05, 4.69) is 0 Å². The van der Waals surface area contributed by atoms with Gasteiger partial charge in [-0.2, -0.15) is 0 Å². The zero-order valence-electron chi connectivity index (χ0n) is 6.82. The number of imide groups is 1. The van der Waals surface area contributed by atoms with Gasteiger partial charge < -0.3 is 5.73 Å². The van der Waals surface area contributed by atoms with Gasteiger partial charge in [-0.3, -0.25) is 14.5 Å². The van der Waals surface area contributed by atoms with Crippen molar-refractivity contribution in [2.45, 2.75) is 37.8 Å². The predicted molar refractivity (Wildman–Crippen MR) is 42.1 cm³/mol. The van der Waals surface area contributed by atoms with Crippen LogP contribution in [0.1, 0.15) is 25.7 Å². The van der Waals surface area contributed by atoms with Crippen LogP contribution in [0.3, 0.4) is 0 Å². The highest BCUT2D eigenvalue weighted by Crippen LogP contribution is 2.30. The van der Waals surface area contributed by atoms with Crippen molar-refractivity contribution in [3.63, 3.8) is 0 Å². The minimum atomic E-state index is -0.441. The molecule has 0 aromatic carbocycles. The van der Waals surface area contributed by atoms with Crippen LogP contribution in [-0.2, 0) is 9.59 Å². The summed E-state index contributed by atoms with van der Waals surface area (Å²) in [6, 6.07) is -0.264. The molecule has 1 atom stereocenters. The average molecular weight is 168 g/mol. The number of likely N-dealkylation sites (tertiary alicyclic amines) is 1. The molecule has 1 saturated carbocycles. The highest BCUT2D eigenvalue weighted by atomic mass is 16.2. The number of hydrogen-bond acceptors (Lipinski definition) is 3. The first-order valence-corrected chi connectivity index (χ1v) is 4.31. The number of nitrogens with zero attached hydrogens (tertiary/aromatic N) is 1. The van der Waals surface area contributed by atoms with Crippen LogP contribution in [0.4, 0.5) is 0 Å². The van der Waals surface area contributed by atoms with Crippen LogP contribution in [-0.4, -0.2) is 28.8 Å². The summed E-state index contributed by atoms with van der Waals surface area (Å²) in [5.74, 6) is -0.210. The molecule has 2 amide bonds. The lowest BCUT2D eigenvalue weighted by Gasteiger charge is -2.28. The standard InChI is InChI=1S/C8H12N2O2/c9-6-3-4-7(11)10(8(6)12)5-1-2-5/h5-6H,1-4,9H2. The second kappa shape index (κ2) is 2.55. The van der Waals surface area contributed by atoms with E-state index in [-0.39, 0.29) is 17.9 Å². The minimum Gasteiger partial charge on any atom is -0.320 e. The number of rotatable bonds is 1. The van der Waals surface area contributed by atoms with Gasteiger partial charge in [0.1, 0.15) is 0 Å². The molecule has 1 heterocycles. The molecule has 4 nitrogen and oxygen atoms in total. The summed E-state index contributed by atoms with van der Waals surface area (Å²) in [6.07, 6.45) is 2.87. The lowest BCUT2D eigenvalue weighted by atomic mass is 10.1. The molecule has 1 saturated heterocycles. The Hall–Kier alpha value is -0.900. The first kappa shape index (κ1) is 7.73. The number of amides is 2. The smallest absolute Gasteiger partial charge is 0.246 e. The zero-order valence-corrected chi connectivity index (χ0v) is 6.82. The van der Waals surface area contributed by atoms with E-state index in [1.54, 1.807) is 0 Å². The molecule has 0 bridgehead atoms. The van der Waals surface area contributed by atoms with Crippen molar-refractivity contribution < 1.29 is 9.59 Å². The Bertz CT molecular complexity index is 235. The third-order valence-corrected chi connectivity index (χ3v) is 2.40. The molecule has 1 aliphatic carbocycles. The fourth-order valence-corrected chi connectivity index (χ4v) is 1.54. The van der Waals surface area contributed by atoms with Crippen molar-refractivity contribution >= 4 is 11.8 Å². The van der Waals surface area contributed by atoms with E-state index in [4.69, 9.17) is 5.73 Å². The van der Waals surface area contributed by atoms with Gasteiger partial charge in [0.05, 0.1) is 6.04 Å². The Balaban J connectivity index is 2.14. The first-order valence-electron chi connectivity index (χ1n) is 4.31. The van der Waals surface area contributed by atoms with Gasteiger partial charge in [0.2, 0.25) is 11.8 Å². The van der Waals surface area contributed by atoms with Gasteiger partial charge in [-0.05, 0) is 19.3 Å². The lowest BCUT2D eigenvalue weighted by Crippen LogP contribution is -2.52. The van der Waals surface area contributed by atoms with Crippen molar-refractivity contribution in [3.05, 3.63) is 0 Å². The maximum atomic E-state index is 11.4. The molecule has 1 unspecified atom stereocenters. The van der Waals surface area contributed by atoms with Crippen LogP contribution in [0.15, 0.2) is 0 Å². The third-order valence-electron chi connectivity index (χ3n) is 2.40. The topological polar surface area (TPSA) is 63.4 Å². The van der Waals surface area contributed by atoms with Crippen molar-refractivity contribution in [1.29, 1.82) is 0 Å². The summed E-state index contributed by atoms with van der Waals surface area (Å²) >= 11 is 0. The van der Waals surface area contributed by atoms with Crippen LogP contribution in [0.5, 0.6) is 0 Å². The van der Waals surface area contributed by atoms with Gasteiger partial charge in [-0.25, -0.2) is 0 Å². The maximum absolute atomic E-state index is 11.4. The van der Waals surface area contributed by atoms with E-state index in [1.165, 1.54) is 4.90 Å². The summed E-state index contributed by atoms with van der Waals surface area (Å²) in [5, 5.41) is 0. The third kappa shape index (κ3) is 1.12. The molecule has 2 aliphatic rings. The number of carbonyl (C=O) groups is 2. The Labute approximate surface area is 70.7 Å². The average Bonchev–Trinajstić information content (AvgIpc) is 2.81. The molecule has 2 rings (SSSR count). The Kier molecular flexibility index (Phi) is 1.65. The normalized spacial score (nSPS) is 31.1. The molecule has 66 valence electrons. The molecule has 2 N–H and O–H groups in total. The van der Waals surface area contributed by atoms with Crippen molar-refractivity contribution in [2.75, 3.05) is 0 Å².